The third kappa shape index (κ3) is 2.26. The van der Waals surface area contributed by atoms with Crippen molar-refractivity contribution >= 4 is 0 Å². The molecule has 2 rings (SSSR count). The molecule has 1 aromatic rings. The summed E-state index contributed by atoms with van der Waals surface area (Å²) in [5.41, 5.74) is 8.09. The molecular weight excluding hydrogens is 174 g/mol. The zero-order valence-electron chi connectivity index (χ0n) is 9.05. The van der Waals surface area contributed by atoms with Gasteiger partial charge in [-0.05, 0) is 24.1 Å². The van der Waals surface area contributed by atoms with Crippen LogP contribution in [0.1, 0.15) is 26.4 Å². The van der Waals surface area contributed by atoms with Crippen LogP contribution in [0.2, 0.25) is 0 Å². The first-order valence-corrected chi connectivity index (χ1v) is 5.35. The lowest BCUT2D eigenvalue weighted by Gasteiger charge is -2.05. The first kappa shape index (κ1) is 11.1. The summed E-state index contributed by atoms with van der Waals surface area (Å²) in [7, 11) is 0. The van der Waals surface area contributed by atoms with Crippen molar-refractivity contribution in [3.63, 3.8) is 0 Å². The zero-order valence-corrected chi connectivity index (χ0v) is 9.05. The van der Waals surface area contributed by atoms with E-state index in [1.165, 1.54) is 11.1 Å². The van der Waals surface area contributed by atoms with Crippen molar-refractivity contribution in [2.75, 3.05) is 13.2 Å². The van der Waals surface area contributed by atoms with Gasteiger partial charge in [0.2, 0.25) is 0 Å². The summed E-state index contributed by atoms with van der Waals surface area (Å²) in [6.07, 6.45) is 1.97. The molecule has 0 spiro atoms. The molecule has 0 aromatic heterocycles. The van der Waals surface area contributed by atoms with Crippen LogP contribution >= 0.6 is 0 Å². The van der Waals surface area contributed by atoms with Crippen LogP contribution in [0.5, 0.6) is 5.75 Å². The first-order chi connectivity index (χ1) is 6.92. The molecule has 14 heavy (non-hydrogen) atoms. The second-order valence-corrected chi connectivity index (χ2v) is 3.04. The highest BCUT2D eigenvalue weighted by Crippen LogP contribution is 2.29. The quantitative estimate of drug-likeness (QED) is 0.786. The molecule has 2 N–H and O–H groups in total. The Morgan fingerprint density at radius 2 is 2.21 bits per heavy atom. The maximum atomic E-state index is 5.53. The Morgan fingerprint density at radius 3 is 2.93 bits per heavy atom. The van der Waals surface area contributed by atoms with Crippen molar-refractivity contribution in [1.29, 1.82) is 0 Å². The lowest BCUT2D eigenvalue weighted by atomic mass is 10.1. The van der Waals surface area contributed by atoms with E-state index in [2.05, 4.69) is 18.2 Å². The SMILES string of the molecule is CC.NCCc1cccc2c1OCC2.[HH]. The van der Waals surface area contributed by atoms with Crippen LogP contribution in [0.25, 0.3) is 0 Å². The molecule has 1 aromatic carbocycles. The molecule has 0 aliphatic carbocycles. The van der Waals surface area contributed by atoms with E-state index in [0.29, 0.717) is 6.54 Å². The van der Waals surface area contributed by atoms with E-state index in [4.69, 9.17) is 10.5 Å². The summed E-state index contributed by atoms with van der Waals surface area (Å²) >= 11 is 0. The molecule has 1 aliphatic rings. The molecule has 0 saturated carbocycles. The molecule has 1 aliphatic heterocycles. The minimum atomic E-state index is 0. The summed E-state index contributed by atoms with van der Waals surface area (Å²) in [6.45, 7) is 5.52. The van der Waals surface area contributed by atoms with Gasteiger partial charge in [0.1, 0.15) is 5.75 Å². The maximum Gasteiger partial charge on any atom is 0.125 e. The number of fused-ring (bicyclic) bond motifs is 1. The van der Waals surface area contributed by atoms with E-state index >= 15 is 0 Å². The van der Waals surface area contributed by atoms with Crippen molar-refractivity contribution in [3.05, 3.63) is 29.3 Å². The Morgan fingerprint density at radius 1 is 1.43 bits per heavy atom. The van der Waals surface area contributed by atoms with E-state index in [0.717, 1.165) is 25.2 Å². The van der Waals surface area contributed by atoms with Gasteiger partial charge in [-0.25, -0.2) is 0 Å². The average Bonchev–Trinajstić information content (AvgIpc) is 2.70. The van der Waals surface area contributed by atoms with Gasteiger partial charge in [0.25, 0.3) is 0 Å². The van der Waals surface area contributed by atoms with Crippen molar-refractivity contribution in [3.8, 4) is 5.75 Å². The molecule has 0 atom stereocenters. The number of nitrogens with two attached hydrogens (primary N) is 1. The largest absolute Gasteiger partial charge is 0.493 e. The van der Waals surface area contributed by atoms with E-state index in [-0.39, 0.29) is 1.43 Å². The molecular formula is C12H21NO. The van der Waals surface area contributed by atoms with Crippen molar-refractivity contribution < 1.29 is 6.16 Å². The van der Waals surface area contributed by atoms with Crippen LogP contribution in [0.15, 0.2) is 18.2 Å². The van der Waals surface area contributed by atoms with Gasteiger partial charge >= 0.3 is 0 Å². The second-order valence-electron chi connectivity index (χ2n) is 3.04. The van der Waals surface area contributed by atoms with Crippen LogP contribution in [0.3, 0.4) is 0 Å². The van der Waals surface area contributed by atoms with Crippen LogP contribution in [-0.4, -0.2) is 13.2 Å². The third-order valence-electron chi connectivity index (χ3n) is 2.21. The highest BCUT2D eigenvalue weighted by molar-refractivity contribution is 5.44. The molecule has 1 heterocycles. The fraction of sp³-hybridized carbons (Fsp3) is 0.500. The fourth-order valence-corrected chi connectivity index (χ4v) is 1.64. The molecule has 0 radical (unpaired) electrons. The monoisotopic (exact) mass is 195 g/mol. The van der Waals surface area contributed by atoms with E-state index in [1.807, 2.05) is 13.8 Å². The highest BCUT2D eigenvalue weighted by Gasteiger charge is 2.14. The van der Waals surface area contributed by atoms with E-state index in [9.17, 15) is 0 Å². The summed E-state index contributed by atoms with van der Waals surface area (Å²) < 4.78 is 5.53. The summed E-state index contributed by atoms with van der Waals surface area (Å²) in [5, 5.41) is 0. The number of benzene rings is 1. The summed E-state index contributed by atoms with van der Waals surface area (Å²) in [4.78, 5) is 0. The van der Waals surface area contributed by atoms with Gasteiger partial charge in [-0.3, -0.25) is 0 Å². The predicted octanol–water partition coefficient (Wildman–Crippen LogP) is 2.39. The van der Waals surface area contributed by atoms with Gasteiger partial charge in [0.05, 0.1) is 6.61 Å². The Balaban J connectivity index is 0.000000617. The normalized spacial score (nSPS) is 12.5. The lowest BCUT2D eigenvalue weighted by Crippen LogP contribution is -2.03. The molecule has 0 amide bonds. The topological polar surface area (TPSA) is 35.2 Å². The highest BCUT2D eigenvalue weighted by atomic mass is 16.5. The van der Waals surface area contributed by atoms with Gasteiger partial charge in [-0.2, -0.15) is 0 Å². The Kier molecular flexibility index (Phi) is 4.47. The maximum absolute atomic E-state index is 5.53. The molecule has 0 saturated heterocycles. The van der Waals surface area contributed by atoms with Crippen LogP contribution in [-0.2, 0) is 12.8 Å². The van der Waals surface area contributed by atoms with Gasteiger partial charge < -0.3 is 10.5 Å². The van der Waals surface area contributed by atoms with Crippen molar-refractivity contribution in [2.45, 2.75) is 26.7 Å². The number of para-hydroxylation sites is 1. The summed E-state index contributed by atoms with van der Waals surface area (Å²) in [6, 6.07) is 6.30. The average molecular weight is 195 g/mol. The molecule has 0 unspecified atom stereocenters. The number of ether oxygens (including phenoxy) is 1. The van der Waals surface area contributed by atoms with Gasteiger partial charge in [0, 0.05) is 7.85 Å². The minimum Gasteiger partial charge on any atom is -0.493 e. The van der Waals surface area contributed by atoms with Crippen molar-refractivity contribution in [1.82, 2.24) is 0 Å². The van der Waals surface area contributed by atoms with Gasteiger partial charge in [-0.15, -0.1) is 0 Å². The molecule has 2 heteroatoms. The fourth-order valence-electron chi connectivity index (χ4n) is 1.64. The Labute approximate surface area is 87.6 Å². The van der Waals surface area contributed by atoms with E-state index in [1.54, 1.807) is 0 Å². The zero-order chi connectivity index (χ0) is 10.4. The first-order valence-electron chi connectivity index (χ1n) is 5.35. The lowest BCUT2D eigenvalue weighted by molar-refractivity contribution is 0.353. The van der Waals surface area contributed by atoms with Gasteiger partial charge in [0.15, 0.2) is 0 Å². The standard InChI is InChI=1S/C10H13NO.C2H6.H2/c11-6-4-8-2-1-3-9-5-7-12-10(8)9;1-2;/h1-3H,4-7,11H2;1-2H3;1H. The molecule has 0 fully saturated rings. The number of hydrogen-bond donors (Lipinski definition) is 1. The van der Waals surface area contributed by atoms with Crippen LogP contribution in [0, 0.1) is 0 Å². The van der Waals surface area contributed by atoms with Crippen LogP contribution < -0.4 is 10.5 Å². The third-order valence-corrected chi connectivity index (χ3v) is 2.21. The minimum absolute atomic E-state index is 0. The van der Waals surface area contributed by atoms with E-state index < -0.39 is 0 Å². The number of rotatable bonds is 2. The summed E-state index contributed by atoms with van der Waals surface area (Å²) in [5.74, 6) is 1.09. The van der Waals surface area contributed by atoms with Crippen LogP contribution in [0.4, 0.5) is 0 Å². The molecule has 0 bridgehead atoms. The predicted molar refractivity (Wildman–Crippen MR) is 61.9 cm³/mol. The smallest absolute Gasteiger partial charge is 0.125 e. The van der Waals surface area contributed by atoms with Crippen molar-refractivity contribution in [2.24, 2.45) is 5.73 Å². The van der Waals surface area contributed by atoms with Gasteiger partial charge in [-0.1, -0.05) is 32.0 Å². The number of hydrogen-bond acceptors (Lipinski definition) is 2. The Hall–Kier alpha value is -1.02. The Bertz CT molecular complexity index is 289. The molecule has 2 nitrogen and oxygen atoms in total. The molecule has 80 valence electrons. The second kappa shape index (κ2) is 5.66.